The van der Waals surface area contributed by atoms with Crippen molar-refractivity contribution in [3.8, 4) is 0 Å². The van der Waals surface area contributed by atoms with Crippen LogP contribution in [-0.2, 0) is 17.6 Å². The van der Waals surface area contributed by atoms with E-state index in [-0.39, 0.29) is 6.04 Å². The lowest BCUT2D eigenvalue weighted by molar-refractivity contribution is -0.108. The van der Waals surface area contributed by atoms with Crippen LogP contribution in [-0.4, -0.2) is 12.3 Å². The van der Waals surface area contributed by atoms with Crippen molar-refractivity contribution in [1.29, 1.82) is 0 Å². The number of rotatable bonds is 6. The fourth-order valence-corrected chi connectivity index (χ4v) is 2.96. The third-order valence-electron chi connectivity index (χ3n) is 3.82. The van der Waals surface area contributed by atoms with Gasteiger partial charge in [-0.15, -0.1) is 0 Å². The van der Waals surface area contributed by atoms with Gasteiger partial charge < -0.3 is 9.69 Å². The second-order valence-corrected chi connectivity index (χ2v) is 6.92. The summed E-state index contributed by atoms with van der Waals surface area (Å²) in [5, 5.41) is 0. The van der Waals surface area contributed by atoms with Crippen LogP contribution in [0.1, 0.15) is 38.8 Å². The van der Waals surface area contributed by atoms with Gasteiger partial charge in [0.15, 0.2) is 0 Å². The molecular formula is C20H27NO. The van der Waals surface area contributed by atoms with Gasteiger partial charge in [0, 0.05) is 11.9 Å². The molecule has 0 aromatic heterocycles. The summed E-state index contributed by atoms with van der Waals surface area (Å²) < 4.78 is 0. The topological polar surface area (TPSA) is 20.3 Å². The molecule has 22 heavy (non-hydrogen) atoms. The van der Waals surface area contributed by atoms with E-state index in [9.17, 15) is 4.79 Å². The van der Waals surface area contributed by atoms with Crippen LogP contribution in [0.3, 0.4) is 0 Å². The first-order valence-corrected chi connectivity index (χ1v) is 8.21. The summed E-state index contributed by atoms with van der Waals surface area (Å²) in [5.41, 5.74) is 3.87. The first kappa shape index (κ1) is 16.5. The minimum absolute atomic E-state index is 0.202. The third kappa shape index (κ3) is 4.09. The number of hydrogen-bond donors (Lipinski definition) is 0. The molecular weight excluding hydrogens is 270 g/mol. The molecule has 1 aliphatic rings. The van der Waals surface area contributed by atoms with Gasteiger partial charge in [-0.1, -0.05) is 52.0 Å². The molecule has 0 fully saturated rings. The van der Waals surface area contributed by atoms with Crippen molar-refractivity contribution in [2.24, 2.45) is 11.8 Å². The standard InChI is InChI=1S/C20H27NO/c1-15(2)11-17-8-9-20(18(13-17)12-16(3)4)21-10-6-5-7-19(21)14-22/h5-10,13-16,19H,11-12H2,1-4H3. The molecule has 1 aromatic carbocycles. The van der Waals surface area contributed by atoms with Crippen LogP contribution in [0.25, 0.3) is 0 Å². The SMILES string of the molecule is CC(C)Cc1ccc(N2C=CC=CC2C=O)c(CC(C)C)c1. The van der Waals surface area contributed by atoms with E-state index in [4.69, 9.17) is 0 Å². The largest absolute Gasteiger partial charge is 0.334 e. The quantitative estimate of drug-likeness (QED) is 0.718. The highest BCUT2D eigenvalue weighted by molar-refractivity contribution is 5.73. The van der Waals surface area contributed by atoms with Crippen LogP contribution < -0.4 is 4.90 Å². The molecule has 1 unspecified atom stereocenters. The van der Waals surface area contributed by atoms with Crippen LogP contribution in [0.4, 0.5) is 5.69 Å². The fourth-order valence-electron chi connectivity index (χ4n) is 2.96. The van der Waals surface area contributed by atoms with Gasteiger partial charge in [-0.3, -0.25) is 0 Å². The van der Waals surface area contributed by atoms with Gasteiger partial charge in [0.05, 0.1) is 0 Å². The summed E-state index contributed by atoms with van der Waals surface area (Å²) >= 11 is 0. The van der Waals surface area contributed by atoms with E-state index in [1.54, 1.807) is 0 Å². The summed E-state index contributed by atoms with van der Waals surface area (Å²) in [6.45, 7) is 8.97. The maximum atomic E-state index is 11.4. The minimum atomic E-state index is -0.202. The Morgan fingerprint density at radius 2 is 1.82 bits per heavy atom. The van der Waals surface area contributed by atoms with Crippen LogP contribution in [0.15, 0.2) is 42.6 Å². The molecule has 0 spiro atoms. The van der Waals surface area contributed by atoms with Crippen molar-refractivity contribution in [2.45, 2.75) is 46.6 Å². The Kier molecular flexibility index (Phi) is 5.59. The van der Waals surface area contributed by atoms with Crippen LogP contribution in [0.5, 0.6) is 0 Å². The Hall–Kier alpha value is -1.83. The summed E-state index contributed by atoms with van der Waals surface area (Å²) in [6.07, 6.45) is 11.0. The molecule has 0 bridgehead atoms. The smallest absolute Gasteiger partial charge is 0.146 e. The summed E-state index contributed by atoms with van der Waals surface area (Å²) in [6, 6.07) is 6.50. The summed E-state index contributed by atoms with van der Waals surface area (Å²) in [5.74, 6) is 1.24. The Morgan fingerprint density at radius 3 is 2.45 bits per heavy atom. The van der Waals surface area contributed by atoms with Gasteiger partial charge in [-0.2, -0.15) is 0 Å². The minimum Gasteiger partial charge on any atom is -0.334 e. The van der Waals surface area contributed by atoms with E-state index >= 15 is 0 Å². The zero-order chi connectivity index (χ0) is 16.1. The third-order valence-corrected chi connectivity index (χ3v) is 3.82. The summed E-state index contributed by atoms with van der Waals surface area (Å²) in [7, 11) is 0. The summed E-state index contributed by atoms with van der Waals surface area (Å²) in [4.78, 5) is 13.4. The van der Waals surface area contributed by atoms with E-state index in [0.717, 1.165) is 24.8 Å². The average molecular weight is 297 g/mol. The molecule has 2 heteroatoms. The second-order valence-electron chi connectivity index (χ2n) is 6.92. The molecule has 0 aliphatic carbocycles. The Morgan fingerprint density at radius 1 is 1.09 bits per heavy atom. The van der Waals surface area contributed by atoms with Crippen molar-refractivity contribution in [2.75, 3.05) is 4.90 Å². The number of carbonyl (C=O) groups excluding carboxylic acids is 1. The van der Waals surface area contributed by atoms with Crippen molar-refractivity contribution in [3.05, 3.63) is 53.8 Å². The lowest BCUT2D eigenvalue weighted by Crippen LogP contribution is -2.32. The van der Waals surface area contributed by atoms with Gasteiger partial charge in [0.25, 0.3) is 0 Å². The van der Waals surface area contributed by atoms with Crippen molar-refractivity contribution >= 4 is 12.0 Å². The number of nitrogens with zero attached hydrogens (tertiary/aromatic N) is 1. The number of carbonyl (C=O) groups is 1. The van der Waals surface area contributed by atoms with Crippen LogP contribution >= 0.6 is 0 Å². The molecule has 1 atom stereocenters. The lowest BCUT2D eigenvalue weighted by atomic mass is 9.94. The van der Waals surface area contributed by atoms with E-state index < -0.39 is 0 Å². The molecule has 0 saturated heterocycles. The van der Waals surface area contributed by atoms with Crippen molar-refractivity contribution in [3.63, 3.8) is 0 Å². The van der Waals surface area contributed by atoms with E-state index in [0.29, 0.717) is 11.8 Å². The predicted molar refractivity (Wildman–Crippen MR) is 94.1 cm³/mol. The van der Waals surface area contributed by atoms with Crippen LogP contribution in [0, 0.1) is 11.8 Å². The molecule has 0 amide bonds. The number of allylic oxidation sites excluding steroid dienone is 2. The Balaban J connectivity index is 2.38. The van der Waals surface area contributed by atoms with Gasteiger partial charge >= 0.3 is 0 Å². The zero-order valence-electron chi connectivity index (χ0n) is 14.1. The number of aldehydes is 1. The van der Waals surface area contributed by atoms with E-state index in [1.807, 2.05) is 24.4 Å². The zero-order valence-corrected chi connectivity index (χ0v) is 14.1. The van der Waals surface area contributed by atoms with E-state index in [1.165, 1.54) is 11.1 Å². The molecule has 1 heterocycles. The molecule has 118 valence electrons. The Bertz CT molecular complexity index is 569. The van der Waals surface area contributed by atoms with Gasteiger partial charge in [-0.05, 0) is 47.9 Å². The molecule has 1 aliphatic heterocycles. The fraction of sp³-hybridized carbons (Fsp3) is 0.450. The maximum absolute atomic E-state index is 11.4. The van der Waals surface area contributed by atoms with E-state index in [2.05, 4.69) is 50.8 Å². The van der Waals surface area contributed by atoms with Crippen LogP contribution in [0.2, 0.25) is 0 Å². The first-order chi connectivity index (χ1) is 10.5. The van der Waals surface area contributed by atoms with Crippen molar-refractivity contribution < 1.29 is 4.79 Å². The lowest BCUT2D eigenvalue weighted by Gasteiger charge is -2.29. The molecule has 0 N–H and O–H groups in total. The molecule has 0 radical (unpaired) electrons. The predicted octanol–water partition coefficient (Wildman–Crippen LogP) is 4.54. The highest BCUT2D eigenvalue weighted by Crippen LogP contribution is 2.28. The molecule has 0 saturated carbocycles. The van der Waals surface area contributed by atoms with Gasteiger partial charge in [0.2, 0.25) is 0 Å². The van der Waals surface area contributed by atoms with Gasteiger partial charge in [0.1, 0.15) is 12.3 Å². The monoisotopic (exact) mass is 297 g/mol. The molecule has 2 rings (SSSR count). The van der Waals surface area contributed by atoms with Gasteiger partial charge in [-0.25, -0.2) is 0 Å². The first-order valence-electron chi connectivity index (χ1n) is 8.21. The number of anilines is 1. The highest BCUT2D eigenvalue weighted by Gasteiger charge is 2.19. The Labute approximate surface area is 134 Å². The second kappa shape index (κ2) is 7.44. The maximum Gasteiger partial charge on any atom is 0.146 e. The molecule has 1 aromatic rings. The number of benzene rings is 1. The van der Waals surface area contributed by atoms with Crippen molar-refractivity contribution in [1.82, 2.24) is 0 Å². The average Bonchev–Trinajstić information content (AvgIpc) is 2.46. The number of hydrogen-bond acceptors (Lipinski definition) is 2. The normalized spacial score (nSPS) is 17.5. The highest BCUT2D eigenvalue weighted by atomic mass is 16.1. The molecule has 2 nitrogen and oxygen atoms in total.